The quantitative estimate of drug-likeness (QED) is 0.545. The topological polar surface area (TPSA) is 88.4 Å². The molecule has 0 bridgehead atoms. The number of hydrogen-bond acceptors (Lipinski definition) is 5. The lowest BCUT2D eigenvalue weighted by molar-refractivity contribution is -0.124. The van der Waals surface area contributed by atoms with Crippen LogP contribution >= 0.6 is 11.6 Å². The molecule has 31 heavy (non-hydrogen) atoms. The second-order valence-corrected chi connectivity index (χ2v) is 8.02. The molecule has 3 aromatic rings. The second-order valence-electron chi connectivity index (χ2n) is 7.58. The fourth-order valence-electron chi connectivity index (χ4n) is 3.66. The highest BCUT2D eigenvalue weighted by molar-refractivity contribution is 6.30. The van der Waals surface area contributed by atoms with E-state index in [-0.39, 0.29) is 6.10 Å². The van der Waals surface area contributed by atoms with Crippen LogP contribution in [0.5, 0.6) is 5.75 Å². The Kier molecular flexibility index (Phi) is 6.56. The summed E-state index contributed by atoms with van der Waals surface area (Å²) in [5, 5.41) is 21.4. The fourth-order valence-corrected chi connectivity index (χ4v) is 3.78. The molecule has 1 aliphatic rings. The van der Waals surface area contributed by atoms with Crippen molar-refractivity contribution in [1.29, 1.82) is 0 Å². The van der Waals surface area contributed by atoms with Gasteiger partial charge in [0.05, 0.1) is 5.69 Å². The smallest absolute Gasteiger partial charge is 0.257 e. The van der Waals surface area contributed by atoms with Gasteiger partial charge in [0.25, 0.3) is 5.91 Å². The molecule has 1 saturated heterocycles. The molecule has 2 heterocycles. The van der Waals surface area contributed by atoms with Crippen LogP contribution in [0.1, 0.15) is 24.5 Å². The lowest BCUT2D eigenvalue weighted by Crippen LogP contribution is -2.37. The van der Waals surface area contributed by atoms with Gasteiger partial charge in [-0.3, -0.25) is 9.48 Å². The number of carbonyl (C=O) groups excluding carboxylic acids is 1. The van der Waals surface area contributed by atoms with Crippen LogP contribution in [0.15, 0.2) is 54.7 Å². The number of ether oxygens (including phenoxy) is 1. The van der Waals surface area contributed by atoms with Crippen molar-refractivity contribution < 1.29 is 14.6 Å². The molecule has 1 aromatic heterocycles. The SMILES string of the molecule is Cn1nccc1-c1cc(NC(=O)C(O)c2ccc(Cl)cc2)ccc1O[C@H]1CCCNC1. The minimum atomic E-state index is -1.30. The average molecular weight is 441 g/mol. The number of carbonyl (C=O) groups is 1. The minimum Gasteiger partial charge on any atom is -0.488 e. The molecule has 2 atom stereocenters. The number of nitrogens with zero attached hydrogens (tertiary/aromatic N) is 2. The first-order valence-electron chi connectivity index (χ1n) is 10.3. The van der Waals surface area contributed by atoms with Crippen LogP contribution in [0, 0.1) is 0 Å². The maximum absolute atomic E-state index is 12.6. The highest BCUT2D eigenvalue weighted by Gasteiger charge is 2.21. The van der Waals surface area contributed by atoms with Gasteiger partial charge in [-0.25, -0.2) is 0 Å². The predicted molar refractivity (Wildman–Crippen MR) is 120 cm³/mol. The van der Waals surface area contributed by atoms with Gasteiger partial charge in [0.1, 0.15) is 11.9 Å². The number of aromatic nitrogens is 2. The Hall–Kier alpha value is -2.87. The maximum Gasteiger partial charge on any atom is 0.257 e. The minimum absolute atomic E-state index is 0.0906. The maximum atomic E-state index is 12.6. The van der Waals surface area contributed by atoms with E-state index in [0.29, 0.717) is 16.3 Å². The Labute approximate surface area is 186 Å². The van der Waals surface area contributed by atoms with Gasteiger partial charge in [0.2, 0.25) is 0 Å². The Bertz CT molecular complexity index is 1050. The number of benzene rings is 2. The first-order valence-corrected chi connectivity index (χ1v) is 10.6. The number of piperidine rings is 1. The zero-order valence-electron chi connectivity index (χ0n) is 17.2. The third-order valence-electron chi connectivity index (χ3n) is 5.32. The molecule has 4 rings (SSSR count). The Morgan fingerprint density at radius 2 is 2.10 bits per heavy atom. The van der Waals surface area contributed by atoms with E-state index in [1.807, 2.05) is 25.2 Å². The van der Waals surface area contributed by atoms with Gasteiger partial charge < -0.3 is 20.5 Å². The summed E-state index contributed by atoms with van der Waals surface area (Å²) in [4.78, 5) is 12.6. The van der Waals surface area contributed by atoms with Crippen molar-refractivity contribution in [1.82, 2.24) is 15.1 Å². The number of halogens is 1. The summed E-state index contributed by atoms with van der Waals surface area (Å²) in [6.07, 6.45) is 2.57. The first kappa shape index (κ1) is 21.4. The average Bonchev–Trinajstić information content (AvgIpc) is 3.21. The van der Waals surface area contributed by atoms with E-state index in [2.05, 4.69) is 15.7 Å². The first-order chi connectivity index (χ1) is 15.0. The Morgan fingerprint density at radius 1 is 1.29 bits per heavy atom. The fraction of sp³-hybridized carbons (Fsp3) is 0.304. The van der Waals surface area contributed by atoms with Crippen LogP contribution in [0.2, 0.25) is 5.02 Å². The van der Waals surface area contributed by atoms with E-state index in [9.17, 15) is 9.90 Å². The van der Waals surface area contributed by atoms with Gasteiger partial charge in [0, 0.05) is 36.1 Å². The Balaban J connectivity index is 1.57. The molecular formula is C23H25ClN4O3. The normalized spacial score (nSPS) is 17.2. The summed E-state index contributed by atoms with van der Waals surface area (Å²) in [6, 6.07) is 13.9. The number of aryl methyl sites for hydroxylation is 1. The summed E-state index contributed by atoms with van der Waals surface area (Å²) >= 11 is 5.88. The molecule has 0 aliphatic carbocycles. The largest absolute Gasteiger partial charge is 0.488 e. The summed E-state index contributed by atoms with van der Waals surface area (Å²) in [7, 11) is 1.86. The summed E-state index contributed by atoms with van der Waals surface area (Å²) in [5.74, 6) is 0.206. The number of aliphatic hydroxyl groups is 1. The van der Waals surface area contributed by atoms with E-state index in [1.54, 1.807) is 41.2 Å². The summed E-state index contributed by atoms with van der Waals surface area (Å²) in [5.41, 5.74) is 2.72. The molecular weight excluding hydrogens is 416 g/mol. The molecule has 162 valence electrons. The van der Waals surface area contributed by atoms with Crippen LogP contribution < -0.4 is 15.4 Å². The van der Waals surface area contributed by atoms with Gasteiger partial charge in [-0.15, -0.1) is 0 Å². The summed E-state index contributed by atoms with van der Waals surface area (Å²) in [6.45, 7) is 1.81. The van der Waals surface area contributed by atoms with Crippen LogP contribution in [0.3, 0.4) is 0 Å². The molecule has 7 nitrogen and oxygen atoms in total. The molecule has 0 saturated carbocycles. The van der Waals surface area contributed by atoms with E-state index in [0.717, 1.165) is 42.9 Å². The monoisotopic (exact) mass is 440 g/mol. The van der Waals surface area contributed by atoms with Crippen LogP contribution in [0.4, 0.5) is 5.69 Å². The molecule has 1 aliphatic heterocycles. The number of rotatable bonds is 6. The van der Waals surface area contributed by atoms with Crippen molar-refractivity contribution in [3.63, 3.8) is 0 Å². The molecule has 1 unspecified atom stereocenters. The van der Waals surface area contributed by atoms with Crippen LogP contribution in [-0.2, 0) is 11.8 Å². The van der Waals surface area contributed by atoms with Gasteiger partial charge in [-0.05, 0) is 61.3 Å². The van der Waals surface area contributed by atoms with Gasteiger partial charge in [-0.1, -0.05) is 23.7 Å². The van der Waals surface area contributed by atoms with Crippen molar-refractivity contribution in [2.24, 2.45) is 7.05 Å². The molecule has 1 amide bonds. The summed E-state index contributed by atoms with van der Waals surface area (Å²) < 4.78 is 8.03. The molecule has 2 aromatic carbocycles. The van der Waals surface area contributed by atoms with Crippen LogP contribution in [-0.4, -0.2) is 40.0 Å². The number of nitrogens with one attached hydrogen (secondary N) is 2. The van der Waals surface area contributed by atoms with Gasteiger partial charge >= 0.3 is 0 Å². The lowest BCUT2D eigenvalue weighted by atomic mass is 10.1. The number of anilines is 1. The zero-order valence-corrected chi connectivity index (χ0v) is 18.0. The van der Waals surface area contributed by atoms with E-state index >= 15 is 0 Å². The van der Waals surface area contributed by atoms with Crippen molar-refractivity contribution >= 4 is 23.2 Å². The molecule has 0 radical (unpaired) electrons. The number of amides is 1. The van der Waals surface area contributed by atoms with E-state index in [1.165, 1.54) is 0 Å². The number of hydrogen-bond donors (Lipinski definition) is 3. The lowest BCUT2D eigenvalue weighted by Gasteiger charge is -2.25. The Morgan fingerprint density at radius 3 is 2.77 bits per heavy atom. The highest BCUT2D eigenvalue weighted by Crippen LogP contribution is 2.34. The third kappa shape index (κ3) is 5.07. The molecule has 8 heteroatoms. The van der Waals surface area contributed by atoms with Gasteiger partial charge in [0.15, 0.2) is 6.10 Å². The zero-order chi connectivity index (χ0) is 21.8. The van der Waals surface area contributed by atoms with Crippen molar-refractivity contribution in [2.75, 3.05) is 18.4 Å². The van der Waals surface area contributed by atoms with Crippen molar-refractivity contribution in [3.05, 3.63) is 65.3 Å². The van der Waals surface area contributed by atoms with Crippen molar-refractivity contribution in [2.45, 2.75) is 25.0 Å². The second kappa shape index (κ2) is 9.51. The molecule has 0 spiro atoms. The van der Waals surface area contributed by atoms with E-state index < -0.39 is 12.0 Å². The molecule has 1 fully saturated rings. The van der Waals surface area contributed by atoms with Crippen molar-refractivity contribution in [3.8, 4) is 17.0 Å². The van der Waals surface area contributed by atoms with Gasteiger partial charge in [-0.2, -0.15) is 5.10 Å². The highest BCUT2D eigenvalue weighted by atomic mass is 35.5. The standard InChI is InChI=1S/C23H25ClN4O3/c1-28-20(10-12-26-28)19-13-17(8-9-21(19)31-18-3-2-11-25-14-18)27-23(30)22(29)15-4-6-16(24)7-5-15/h4-10,12-13,18,22,25,29H,2-3,11,14H2,1H3,(H,27,30)/t18-,22?/m0/s1. The molecule has 3 N–H and O–H groups in total. The van der Waals surface area contributed by atoms with E-state index in [4.69, 9.17) is 16.3 Å². The van der Waals surface area contributed by atoms with Crippen LogP contribution in [0.25, 0.3) is 11.3 Å². The third-order valence-corrected chi connectivity index (χ3v) is 5.58. The predicted octanol–water partition coefficient (Wildman–Crippen LogP) is 3.54. The number of aliphatic hydroxyl groups excluding tert-OH is 1.